The first-order chi connectivity index (χ1) is 7.71. The van der Waals surface area contributed by atoms with E-state index in [2.05, 4.69) is 4.98 Å². The highest BCUT2D eigenvalue weighted by Gasteiger charge is 2.39. The van der Waals surface area contributed by atoms with E-state index in [0.29, 0.717) is 0 Å². The van der Waals surface area contributed by atoms with Crippen molar-refractivity contribution in [3.63, 3.8) is 0 Å². The molecule has 1 aromatic heterocycles. The number of carbonyl (C=O) groups is 1. The SMILES string of the molecule is CC(C)Oc1ncc(C(=O)C(F)(F)F)cc1Cl. The zero-order valence-corrected chi connectivity index (χ0v) is 9.76. The molecule has 0 aromatic carbocycles. The van der Waals surface area contributed by atoms with Gasteiger partial charge < -0.3 is 4.74 Å². The van der Waals surface area contributed by atoms with E-state index in [0.717, 1.165) is 12.3 Å². The van der Waals surface area contributed by atoms with Gasteiger partial charge in [-0.25, -0.2) is 4.98 Å². The summed E-state index contributed by atoms with van der Waals surface area (Å²) >= 11 is 5.66. The van der Waals surface area contributed by atoms with Gasteiger partial charge in [-0.2, -0.15) is 13.2 Å². The molecule has 0 saturated heterocycles. The largest absolute Gasteiger partial charge is 0.474 e. The molecule has 1 rings (SSSR count). The number of nitrogens with zero attached hydrogens (tertiary/aromatic N) is 1. The highest BCUT2D eigenvalue weighted by molar-refractivity contribution is 6.32. The first-order valence-corrected chi connectivity index (χ1v) is 5.03. The Balaban J connectivity index is 3.01. The second-order valence-corrected chi connectivity index (χ2v) is 3.91. The first kappa shape index (κ1) is 13.8. The van der Waals surface area contributed by atoms with Gasteiger partial charge in [0.2, 0.25) is 5.88 Å². The van der Waals surface area contributed by atoms with E-state index in [1.165, 1.54) is 0 Å². The van der Waals surface area contributed by atoms with E-state index in [1.807, 2.05) is 0 Å². The number of ketones is 1. The Morgan fingerprint density at radius 2 is 2.06 bits per heavy atom. The lowest BCUT2D eigenvalue weighted by Crippen LogP contribution is -2.23. The molecule has 0 atom stereocenters. The zero-order valence-electron chi connectivity index (χ0n) is 9.01. The second-order valence-electron chi connectivity index (χ2n) is 3.50. The number of alkyl halides is 3. The van der Waals surface area contributed by atoms with Gasteiger partial charge in [-0.05, 0) is 19.9 Å². The number of Topliss-reactive ketones (excluding diaryl/α,β-unsaturated/α-hetero) is 1. The monoisotopic (exact) mass is 267 g/mol. The molecule has 17 heavy (non-hydrogen) atoms. The van der Waals surface area contributed by atoms with Gasteiger partial charge >= 0.3 is 6.18 Å². The highest BCUT2D eigenvalue weighted by atomic mass is 35.5. The van der Waals surface area contributed by atoms with Crippen molar-refractivity contribution in [2.45, 2.75) is 26.1 Å². The van der Waals surface area contributed by atoms with Crippen LogP contribution < -0.4 is 4.74 Å². The first-order valence-electron chi connectivity index (χ1n) is 4.65. The normalized spacial score (nSPS) is 11.7. The van der Waals surface area contributed by atoms with Crippen molar-refractivity contribution in [1.29, 1.82) is 0 Å². The Morgan fingerprint density at radius 1 is 1.47 bits per heavy atom. The Morgan fingerprint density at radius 3 is 2.47 bits per heavy atom. The van der Waals surface area contributed by atoms with Crippen LogP contribution in [-0.4, -0.2) is 23.0 Å². The van der Waals surface area contributed by atoms with Crippen molar-refractivity contribution in [3.8, 4) is 5.88 Å². The molecule has 0 unspecified atom stereocenters. The quantitative estimate of drug-likeness (QED) is 0.789. The summed E-state index contributed by atoms with van der Waals surface area (Å²) in [6.07, 6.45) is -4.37. The van der Waals surface area contributed by atoms with Crippen LogP contribution in [0.5, 0.6) is 5.88 Å². The van der Waals surface area contributed by atoms with Crippen LogP contribution in [0.3, 0.4) is 0 Å². The van der Waals surface area contributed by atoms with E-state index in [4.69, 9.17) is 16.3 Å². The molecule has 0 radical (unpaired) electrons. The smallest absolute Gasteiger partial charge is 0.454 e. The predicted octanol–water partition coefficient (Wildman–Crippen LogP) is 3.27. The van der Waals surface area contributed by atoms with Crippen LogP contribution in [0.2, 0.25) is 5.02 Å². The van der Waals surface area contributed by atoms with Crippen LogP contribution in [0, 0.1) is 0 Å². The summed E-state index contributed by atoms with van der Waals surface area (Å²) in [5, 5.41) is -0.131. The Bertz CT molecular complexity index is 432. The molecule has 0 aliphatic carbocycles. The van der Waals surface area contributed by atoms with Gasteiger partial charge in [-0.3, -0.25) is 4.79 Å². The fraction of sp³-hybridized carbons (Fsp3) is 0.400. The number of pyridine rings is 1. The third kappa shape index (κ3) is 3.59. The van der Waals surface area contributed by atoms with Gasteiger partial charge in [0, 0.05) is 11.8 Å². The average Bonchev–Trinajstić information content (AvgIpc) is 2.18. The maximum atomic E-state index is 12.1. The Kier molecular flexibility index (Phi) is 3.98. The maximum Gasteiger partial charge on any atom is 0.454 e. The summed E-state index contributed by atoms with van der Waals surface area (Å²) in [5.41, 5.74) is -0.612. The zero-order chi connectivity index (χ0) is 13.2. The second kappa shape index (κ2) is 4.91. The molecule has 3 nitrogen and oxygen atoms in total. The lowest BCUT2D eigenvalue weighted by molar-refractivity contribution is -0.0885. The molecule has 7 heteroatoms. The highest BCUT2D eigenvalue weighted by Crippen LogP contribution is 2.27. The molecule has 0 N–H and O–H groups in total. The summed E-state index contributed by atoms with van der Waals surface area (Å²) < 4.78 is 41.5. The number of carbonyl (C=O) groups excluding carboxylic acids is 1. The molecular formula is C10H9ClF3NO2. The molecule has 0 spiro atoms. The Labute approximate surface area is 101 Å². The van der Waals surface area contributed by atoms with Crippen LogP contribution in [0.1, 0.15) is 24.2 Å². The number of hydrogen-bond acceptors (Lipinski definition) is 3. The average molecular weight is 268 g/mol. The van der Waals surface area contributed by atoms with Crippen LogP contribution in [0.25, 0.3) is 0 Å². The number of rotatable bonds is 3. The van der Waals surface area contributed by atoms with Crippen molar-refractivity contribution >= 4 is 17.4 Å². The number of halogens is 4. The summed E-state index contributed by atoms with van der Waals surface area (Å²) in [4.78, 5) is 14.5. The topological polar surface area (TPSA) is 39.2 Å². The molecule has 0 bridgehead atoms. The molecule has 0 aliphatic rings. The van der Waals surface area contributed by atoms with Crippen molar-refractivity contribution in [3.05, 3.63) is 22.8 Å². The lowest BCUT2D eigenvalue weighted by atomic mass is 10.2. The van der Waals surface area contributed by atoms with Crippen LogP contribution >= 0.6 is 11.6 Å². The molecule has 0 saturated carbocycles. The minimum Gasteiger partial charge on any atom is -0.474 e. The molecule has 0 fully saturated rings. The minimum atomic E-state index is -4.94. The Hall–Kier alpha value is -1.30. The minimum absolute atomic E-state index is 0.000362. The van der Waals surface area contributed by atoms with E-state index in [-0.39, 0.29) is 17.0 Å². The van der Waals surface area contributed by atoms with Crippen molar-refractivity contribution < 1.29 is 22.7 Å². The van der Waals surface area contributed by atoms with Crippen LogP contribution in [0.15, 0.2) is 12.3 Å². The predicted molar refractivity (Wildman–Crippen MR) is 55.4 cm³/mol. The van der Waals surface area contributed by atoms with Crippen molar-refractivity contribution in [2.24, 2.45) is 0 Å². The van der Waals surface area contributed by atoms with Crippen LogP contribution in [0.4, 0.5) is 13.2 Å². The summed E-state index contributed by atoms with van der Waals surface area (Å²) in [6.45, 7) is 3.43. The molecule has 0 amide bonds. The van der Waals surface area contributed by atoms with Crippen LogP contribution in [-0.2, 0) is 0 Å². The van der Waals surface area contributed by atoms with Gasteiger partial charge in [-0.15, -0.1) is 0 Å². The molecule has 0 aliphatic heterocycles. The summed E-state index contributed by atoms with van der Waals surface area (Å²) in [6, 6.07) is 0.891. The molecule has 1 heterocycles. The third-order valence-electron chi connectivity index (χ3n) is 1.67. The van der Waals surface area contributed by atoms with E-state index in [1.54, 1.807) is 13.8 Å². The van der Waals surface area contributed by atoms with Crippen molar-refractivity contribution in [2.75, 3.05) is 0 Å². The van der Waals surface area contributed by atoms with Gasteiger partial charge in [-0.1, -0.05) is 11.6 Å². The number of aromatic nitrogens is 1. The number of ether oxygens (including phenoxy) is 1. The van der Waals surface area contributed by atoms with E-state index in [9.17, 15) is 18.0 Å². The summed E-state index contributed by atoms with van der Waals surface area (Å²) in [5.74, 6) is -1.98. The molecular weight excluding hydrogens is 259 g/mol. The molecule has 1 aromatic rings. The van der Waals surface area contributed by atoms with Gasteiger partial charge in [0.15, 0.2) is 0 Å². The van der Waals surface area contributed by atoms with Crippen molar-refractivity contribution in [1.82, 2.24) is 4.98 Å². The fourth-order valence-electron chi connectivity index (χ4n) is 1.02. The fourth-order valence-corrected chi connectivity index (χ4v) is 1.23. The summed E-state index contributed by atoms with van der Waals surface area (Å²) in [7, 11) is 0. The van der Waals surface area contributed by atoms with E-state index < -0.39 is 17.5 Å². The third-order valence-corrected chi connectivity index (χ3v) is 1.95. The lowest BCUT2D eigenvalue weighted by Gasteiger charge is -2.11. The molecule has 94 valence electrons. The standard InChI is InChI=1S/C10H9ClF3NO2/c1-5(2)17-9-7(11)3-6(4-15-9)8(16)10(12,13)14/h3-5H,1-2H3. The van der Waals surface area contributed by atoms with Gasteiger partial charge in [0.1, 0.15) is 5.02 Å². The van der Waals surface area contributed by atoms with Gasteiger partial charge in [0.25, 0.3) is 5.78 Å². The maximum absolute atomic E-state index is 12.1. The van der Waals surface area contributed by atoms with E-state index >= 15 is 0 Å². The number of hydrogen-bond donors (Lipinski definition) is 0. The van der Waals surface area contributed by atoms with Gasteiger partial charge in [0.05, 0.1) is 6.10 Å².